The predicted molar refractivity (Wildman–Crippen MR) is 69.9 cm³/mol. The molecule has 2 aliphatic rings. The topological polar surface area (TPSA) is 70.7 Å². The first-order valence-electron chi connectivity index (χ1n) is 6.60. The van der Waals surface area contributed by atoms with Gasteiger partial charge in [0.05, 0.1) is 6.26 Å². The summed E-state index contributed by atoms with van der Waals surface area (Å²) in [6, 6.07) is 0. The van der Waals surface area contributed by atoms with E-state index in [0.29, 0.717) is 5.92 Å². The Hall–Kier alpha value is -1.55. The molecule has 0 spiro atoms. The van der Waals surface area contributed by atoms with Crippen molar-refractivity contribution < 1.29 is 19.4 Å². The zero-order chi connectivity index (χ0) is 13.8. The Bertz CT molecular complexity index is 581. The maximum atomic E-state index is 11.2. The van der Waals surface area contributed by atoms with Crippen molar-refractivity contribution in [2.24, 2.45) is 11.3 Å². The number of carboxylic acid groups (broad SMARTS) is 1. The summed E-state index contributed by atoms with van der Waals surface area (Å²) >= 11 is 0. The van der Waals surface area contributed by atoms with Crippen LogP contribution in [0.4, 0.5) is 0 Å². The van der Waals surface area contributed by atoms with Crippen LogP contribution in [0.2, 0.25) is 0 Å². The van der Waals surface area contributed by atoms with E-state index in [1.165, 1.54) is 5.57 Å². The van der Waals surface area contributed by atoms with Crippen LogP contribution in [0.1, 0.15) is 48.4 Å². The van der Waals surface area contributed by atoms with Gasteiger partial charge in [-0.25, -0.2) is 4.79 Å². The molecule has 4 nitrogen and oxygen atoms in total. The summed E-state index contributed by atoms with van der Waals surface area (Å²) in [5.41, 5.74) is 4.03. The molecule has 1 saturated carbocycles. The maximum Gasteiger partial charge on any atom is 0.372 e. The van der Waals surface area contributed by atoms with Gasteiger partial charge < -0.3 is 14.6 Å². The first-order chi connectivity index (χ1) is 8.95. The van der Waals surface area contributed by atoms with Gasteiger partial charge >= 0.3 is 5.97 Å². The van der Waals surface area contributed by atoms with Crippen molar-refractivity contribution in [1.82, 2.24) is 0 Å². The Morgan fingerprint density at radius 2 is 2.32 bits per heavy atom. The van der Waals surface area contributed by atoms with Crippen LogP contribution in [-0.2, 0) is 6.42 Å². The van der Waals surface area contributed by atoms with Crippen LogP contribution < -0.4 is 0 Å². The molecular weight excluding hydrogens is 244 g/mol. The Balaban J connectivity index is 2.09. The molecule has 2 N–H and O–H groups in total. The molecule has 1 aromatic rings. The molecule has 1 fully saturated rings. The van der Waals surface area contributed by atoms with Crippen molar-refractivity contribution >= 4 is 11.5 Å². The van der Waals surface area contributed by atoms with Crippen LogP contribution in [0.3, 0.4) is 0 Å². The highest BCUT2D eigenvalue weighted by molar-refractivity contribution is 5.93. The molecule has 19 heavy (non-hydrogen) atoms. The number of fused-ring (bicyclic) bond motifs is 2. The zero-order valence-corrected chi connectivity index (χ0v) is 11.2. The van der Waals surface area contributed by atoms with E-state index in [1.54, 1.807) is 6.26 Å². The molecule has 1 aromatic heterocycles. The van der Waals surface area contributed by atoms with Gasteiger partial charge in [-0.3, -0.25) is 0 Å². The Labute approximate surface area is 111 Å². The lowest BCUT2D eigenvalue weighted by molar-refractivity contribution is 0.0662. The monoisotopic (exact) mass is 262 g/mol. The summed E-state index contributed by atoms with van der Waals surface area (Å²) in [5.74, 6) is -0.539. The van der Waals surface area contributed by atoms with Crippen molar-refractivity contribution in [3.05, 3.63) is 28.7 Å². The third kappa shape index (κ3) is 1.74. The third-order valence-corrected chi connectivity index (χ3v) is 4.62. The van der Waals surface area contributed by atoms with E-state index in [-0.39, 0.29) is 17.8 Å². The molecule has 0 radical (unpaired) electrons. The van der Waals surface area contributed by atoms with Crippen LogP contribution >= 0.6 is 0 Å². The molecule has 0 bridgehead atoms. The van der Waals surface area contributed by atoms with E-state index in [4.69, 9.17) is 4.42 Å². The van der Waals surface area contributed by atoms with Crippen LogP contribution in [0.25, 0.3) is 5.57 Å². The molecule has 0 saturated heterocycles. The van der Waals surface area contributed by atoms with Crippen molar-refractivity contribution in [3.8, 4) is 0 Å². The Morgan fingerprint density at radius 1 is 1.58 bits per heavy atom. The fourth-order valence-electron chi connectivity index (χ4n) is 3.69. The summed E-state index contributed by atoms with van der Waals surface area (Å²) in [5, 5.41) is 18.7. The summed E-state index contributed by atoms with van der Waals surface area (Å²) < 4.78 is 5.21. The summed E-state index contributed by atoms with van der Waals surface area (Å²) in [7, 11) is 0. The lowest BCUT2D eigenvalue weighted by Gasteiger charge is -2.21. The van der Waals surface area contributed by atoms with Crippen LogP contribution in [-0.4, -0.2) is 22.8 Å². The molecule has 2 atom stereocenters. The molecule has 1 heterocycles. The molecule has 2 aliphatic carbocycles. The normalized spacial score (nSPS) is 29.3. The highest BCUT2D eigenvalue weighted by atomic mass is 16.4. The molecule has 0 aliphatic heterocycles. The van der Waals surface area contributed by atoms with Gasteiger partial charge in [-0.05, 0) is 48.7 Å². The second-order valence-corrected chi connectivity index (χ2v) is 6.17. The van der Waals surface area contributed by atoms with Crippen LogP contribution in [0.15, 0.2) is 16.3 Å². The van der Waals surface area contributed by atoms with E-state index in [0.717, 1.165) is 36.0 Å². The van der Waals surface area contributed by atoms with Gasteiger partial charge in [0.15, 0.2) is 0 Å². The first kappa shape index (κ1) is 12.5. The fourth-order valence-corrected chi connectivity index (χ4v) is 3.69. The Morgan fingerprint density at radius 3 is 2.95 bits per heavy atom. The first-order valence-corrected chi connectivity index (χ1v) is 6.60. The molecule has 3 rings (SSSR count). The Kier molecular flexibility index (Phi) is 2.61. The largest absolute Gasteiger partial charge is 0.475 e. The smallest absolute Gasteiger partial charge is 0.372 e. The van der Waals surface area contributed by atoms with Gasteiger partial charge in [0.2, 0.25) is 5.76 Å². The lowest BCUT2D eigenvalue weighted by Crippen LogP contribution is -2.17. The van der Waals surface area contributed by atoms with Gasteiger partial charge in [0, 0.05) is 12.2 Å². The average Bonchev–Trinajstić information content (AvgIpc) is 2.91. The number of hydrogen-bond donors (Lipinski definition) is 2. The second kappa shape index (κ2) is 3.97. The minimum atomic E-state index is -1.01. The predicted octanol–water partition coefficient (Wildman–Crippen LogP) is 2.72. The number of rotatable bonds is 2. The summed E-state index contributed by atoms with van der Waals surface area (Å²) in [4.78, 5) is 11.2. The van der Waals surface area contributed by atoms with Gasteiger partial charge in [-0.1, -0.05) is 12.5 Å². The number of aromatic carboxylic acids is 1. The minimum Gasteiger partial charge on any atom is -0.475 e. The minimum absolute atomic E-state index is 0.0519. The van der Waals surface area contributed by atoms with E-state index < -0.39 is 5.97 Å². The molecule has 102 valence electrons. The standard InChI is InChI=1S/C15H18O4/c1-8-11-5-15(2,7-16)4-9(11)3-10-6-19-13(12(8)10)14(17)18/h6,9,16H,3-5,7H2,1-2H3,(H,17,18)/t9-,15-/m1/s1. The van der Waals surface area contributed by atoms with E-state index >= 15 is 0 Å². The van der Waals surface area contributed by atoms with Crippen LogP contribution in [0.5, 0.6) is 0 Å². The van der Waals surface area contributed by atoms with Crippen molar-refractivity contribution in [2.45, 2.75) is 33.1 Å². The number of carboxylic acids is 1. The van der Waals surface area contributed by atoms with Gasteiger partial charge in [0.1, 0.15) is 0 Å². The van der Waals surface area contributed by atoms with Gasteiger partial charge in [-0.2, -0.15) is 0 Å². The highest BCUT2D eigenvalue weighted by Gasteiger charge is 2.42. The molecule has 0 aromatic carbocycles. The second-order valence-electron chi connectivity index (χ2n) is 6.17. The quantitative estimate of drug-likeness (QED) is 0.859. The molecular formula is C15H18O4. The van der Waals surface area contributed by atoms with E-state index in [2.05, 4.69) is 6.92 Å². The average molecular weight is 262 g/mol. The van der Waals surface area contributed by atoms with E-state index in [9.17, 15) is 15.0 Å². The number of hydrogen-bond acceptors (Lipinski definition) is 3. The van der Waals surface area contributed by atoms with Gasteiger partial charge in [0.25, 0.3) is 0 Å². The number of aliphatic hydroxyl groups is 1. The number of allylic oxidation sites excluding steroid dienone is 2. The molecule has 0 amide bonds. The van der Waals surface area contributed by atoms with Crippen molar-refractivity contribution in [3.63, 3.8) is 0 Å². The number of aliphatic hydroxyl groups excluding tert-OH is 1. The van der Waals surface area contributed by atoms with Crippen LogP contribution in [0, 0.1) is 11.3 Å². The summed E-state index contributed by atoms with van der Waals surface area (Å²) in [6.07, 6.45) is 4.22. The number of furan rings is 1. The molecule has 0 unspecified atom stereocenters. The third-order valence-electron chi connectivity index (χ3n) is 4.62. The fraction of sp³-hybridized carbons (Fsp3) is 0.533. The SMILES string of the molecule is CC1=C2C[C@](C)(CO)C[C@H]2Cc2coc(C(=O)O)c21. The highest BCUT2D eigenvalue weighted by Crippen LogP contribution is 2.52. The van der Waals surface area contributed by atoms with E-state index in [1.807, 2.05) is 6.92 Å². The summed E-state index contributed by atoms with van der Waals surface area (Å²) in [6.45, 7) is 4.25. The van der Waals surface area contributed by atoms with Crippen molar-refractivity contribution in [2.75, 3.05) is 6.61 Å². The van der Waals surface area contributed by atoms with Gasteiger partial charge in [-0.15, -0.1) is 0 Å². The zero-order valence-electron chi connectivity index (χ0n) is 11.2. The lowest BCUT2D eigenvalue weighted by atomic mass is 9.82. The van der Waals surface area contributed by atoms with Crippen molar-refractivity contribution in [1.29, 1.82) is 0 Å². The number of carbonyl (C=O) groups is 1. The molecule has 4 heteroatoms. The maximum absolute atomic E-state index is 11.2.